The number of ether oxygens (including phenoxy) is 2. The zero-order valence-corrected chi connectivity index (χ0v) is 31.9. The van der Waals surface area contributed by atoms with E-state index in [1.807, 2.05) is 98.2 Å². The molecule has 56 heavy (non-hydrogen) atoms. The van der Waals surface area contributed by atoms with E-state index in [0.29, 0.717) is 58.4 Å². The minimum atomic E-state index is -1.01. The van der Waals surface area contributed by atoms with Crippen LogP contribution in [0.15, 0.2) is 127 Å². The zero-order chi connectivity index (χ0) is 39.5. The van der Waals surface area contributed by atoms with Crippen LogP contribution in [0.2, 0.25) is 0 Å². The number of methoxy groups -OCH3 is 1. The minimum absolute atomic E-state index is 0.207. The van der Waals surface area contributed by atoms with Crippen LogP contribution in [-0.2, 0) is 19.8 Å². The largest absolute Gasteiger partial charge is 0.465 e. The number of likely N-dealkylation sites (tertiary alicyclic amines) is 1. The van der Waals surface area contributed by atoms with Crippen molar-refractivity contribution in [1.82, 2.24) is 14.7 Å². The van der Waals surface area contributed by atoms with Gasteiger partial charge >= 0.3 is 12.1 Å². The van der Waals surface area contributed by atoms with E-state index in [2.05, 4.69) is 47.8 Å². The third-order valence-corrected chi connectivity index (χ3v) is 10.1. The van der Waals surface area contributed by atoms with Gasteiger partial charge in [-0.2, -0.15) is 10.4 Å². The topological polar surface area (TPSA) is 127 Å². The molecule has 10 nitrogen and oxygen atoms in total. The summed E-state index contributed by atoms with van der Waals surface area (Å²) in [7, 11) is 1.31. The van der Waals surface area contributed by atoms with Gasteiger partial charge in [-0.25, -0.2) is 14.3 Å². The maximum absolute atomic E-state index is 14.3. The van der Waals surface area contributed by atoms with Crippen LogP contribution in [-0.4, -0.2) is 58.5 Å². The van der Waals surface area contributed by atoms with E-state index in [4.69, 9.17) is 14.6 Å². The van der Waals surface area contributed by atoms with Gasteiger partial charge in [-0.3, -0.25) is 4.79 Å². The molecule has 7 rings (SSSR count). The van der Waals surface area contributed by atoms with E-state index in [0.717, 1.165) is 16.7 Å². The molecule has 282 valence electrons. The number of hydrogen-bond donors (Lipinski definition) is 1. The van der Waals surface area contributed by atoms with E-state index in [1.54, 1.807) is 23.1 Å². The summed E-state index contributed by atoms with van der Waals surface area (Å²) in [6.45, 7) is 6.17. The number of fused-ring (bicyclic) bond motifs is 1. The summed E-state index contributed by atoms with van der Waals surface area (Å²) < 4.78 is 12.6. The van der Waals surface area contributed by atoms with E-state index in [1.165, 1.54) is 7.11 Å². The van der Waals surface area contributed by atoms with Crippen LogP contribution in [0, 0.1) is 17.2 Å². The molecule has 0 unspecified atom stereocenters. The number of piperidine rings is 1. The maximum atomic E-state index is 14.3. The molecule has 6 aromatic rings. The van der Waals surface area contributed by atoms with Crippen LogP contribution in [0.25, 0.3) is 22.0 Å². The lowest BCUT2D eigenvalue weighted by molar-refractivity contribution is -0.121. The molecule has 5 aromatic carbocycles. The average molecular weight is 746 g/mol. The first kappa shape index (κ1) is 37.6. The minimum Gasteiger partial charge on any atom is -0.465 e. The number of esters is 1. The maximum Gasteiger partial charge on any atom is 0.410 e. The molecule has 2 heterocycles. The van der Waals surface area contributed by atoms with Crippen LogP contribution < -0.4 is 5.32 Å². The van der Waals surface area contributed by atoms with Gasteiger partial charge in [0.1, 0.15) is 11.1 Å². The van der Waals surface area contributed by atoms with E-state index in [9.17, 15) is 19.6 Å². The molecular weight excluding hydrogens is 703 g/mol. The molecule has 1 aliphatic heterocycles. The third-order valence-electron chi connectivity index (χ3n) is 10.1. The number of nitrogens with zero attached hydrogens (tertiary/aromatic N) is 4. The second-order valence-electron chi connectivity index (χ2n) is 14.9. The van der Waals surface area contributed by atoms with E-state index < -0.39 is 29.1 Å². The molecule has 1 N–H and O–H groups in total. The van der Waals surface area contributed by atoms with Crippen molar-refractivity contribution >= 4 is 34.7 Å². The van der Waals surface area contributed by atoms with Crippen molar-refractivity contribution in [3.63, 3.8) is 0 Å². The molecular formula is C46H43N5O5. The van der Waals surface area contributed by atoms with Crippen LogP contribution >= 0.6 is 0 Å². The number of nitrogens with one attached hydrogen (secondary N) is 1. The molecule has 1 fully saturated rings. The normalized spacial score (nSPS) is 14.5. The summed E-state index contributed by atoms with van der Waals surface area (Å²) in [6, 6.07) is 43.2. The van der Waals surface area contributed by atoms with Crippen molar-refractivity contribution in [3.05, 3.63) is 155 Å². The molecule has 0 radical (unpaired) electrons. The summed E-state index contributed by atoms with van der Waals surface area (Å²) >= 11 is 0. The molecule has 1 aromatic heterocycles. The van der Waals surface area contributed by atoms with Gasteiger partial charge in [0.05, 0.1) is 35.7 Å². The number of anilines is 1. The first-order valence-corrected chi connectivity index (χ1v) is 18.6. The highest BCUT2D eigenvalue weighted by atomic mass is 16.6. The smallest absolute Gasteiger partial charge is 0.410 e. The standard InChI is InChI=1S/C46H43N5O5/c1-45(2,3)56-44(54)50-26-14-15-34(30-50)42(52)48-41-39-27-31(38-28-32(43(53)55-4)22-23-33(38)29-47)24-25-40(39)51(49-41)46(35-16-8-5-9-17-35,36-18-10-6-11-19-36)37-20-12-7-13-21-37/h5-13,16-25,27-28,34H,14-15,26,30H2,1-4H3,(H,48,49,52)/t34-/m1/s1. The Balaban J connectivity index is 1.44. The van der Waals surface area contributed by atoms with Gasteiger partial charge in [0.2, 0.25) is 5.91 Å². The molecule has 1 atom stereocenters. The molecule has 2 amide bonds. The highest BCUT2D eigenvalue weighted by Crippen LogP contribution is 2.44. The molecule has 0 bridgehead atoms. The Bertz CT molecular complexity index is 2330. The average Bonchev–Trinajstić information content (AvgIpc) is 3.58. The first-order valence-electron chi connectivity index (χ1n) is 18.6. The quantitative estimate of drug-likeness (QED) is 0.122. The molecule has 0 saturated carbocycles. The van der Waals surface area contributed by atoms with Gasteiger partial charge < -0.3 is 19.7 Å². The lowest BCUT2D eigenvalue weighted by Crippen LogP contribution is -2.45. The Morgan fingerprint density at radius 2 is 1.43 bits per heavy atom. The number of nitriles is 1. The van der Waals surface area contributed by atoms with Gasteiger partial charge in [0.15, 0.2) is 5.82 Å². The summed E-state index contributed by atoms with van der Waals surface area (Å²) in [6.07, 6.45) is 0.779. The van der Waals surface area contributed by atoms with Crippen LogP contribution in [0.1, 0.15) is 66.2 Å². The number of carbonyl (C=O) groups excluding carboxylic acids is 3. The fourth-order valence-electron chi connectivity index (χ4n) is 7.57. The Hall–Kier alpha value is -6.73. The van der Waals surface area contributed by atoms with Gasteiger partial charge in [0, 0.05) is 24.0 Å². The monoisotopic (exact) mass is 745 g/mol. The molecule has 0 aliphatic carbocycles. The Morgan fingerprint density at radius 1 is 0.821 bits per heavy atom. The van der Waals surface area contributed by atoms with Gasteiger partial charge in [-0.1, -0.05) is 97.1 Å². The lowest BCUT2D eigenvalue weighted by atomic mass is 9.77. The predicted octanol–water partition coefficient (Wildman–Crippen LogP) is 8.79. The Morgan fingerprint density at radius 3 is 1.98 bits per heavy atom. The third kappa shape index (κ3) is 7.23. The summed E-state index contributed by atoms with van der Waals surface area (Å²) in [5, 5.41) is 19.2. The highest BCUT2D eigenvalue weighted by Gasteiger charge is 2.41. The number of aromatic nitrogens is 2. The van der Waals surface area contributed by atoms with Crippen LogP contribution in [0.3, 0.4) is 0 Å². The number of amides is 2. The highest BCUT2D eigenvalue weighted by molar-refractivity contribution is 6.03. The van der Waals surface area contributed by atoms with Crippen molar-refractivity contribution in [3.8, 4) is 17.2 Å². The SMILES string of the molecule is COC(=O)c1ccc(C#N)c(-c2ccc3c(c2)c(NC(=O)[C@@H]2CCCN(C(=O)OC(C)(C)C)C2)nn3C(c2ccccc2)(c2ccccc2)c2ccccc2)c1. The summed E-state index contributed by atoms with van der Waals surface area (Å²) in [5.41, 5.74) is 3.72. The second-order valence-corrected chi connectivity index (χ2v) is 14.9. The number of hydrogen-bond acceptors (Lipinski definition) is 7. The summed E-state index contributed by atoms with van der Waals surface area (Å²) in [5.74, 6) is -0.992. The van der Waals surface area contributed by atoms with Crippen molar-refractivity contribution in [2.75, 3.05) is 25.5 Å². The lowest BCUT2D eigenvalue weighted by Gasteiger charge is -2.37. The number of rotatable bonds is 8. The molecule has 1 saturated heterocycles. The van der Waals surface area contributed by atoms with Crippen molar-refractivity contribution < 1.29 is 23.9 Å². The second kappa shape index (κ2) is 15.6. The predicted molar refractivity (Wildman–Crippen MR) is 215 cm³/mol. The van der Waals surface area contributed by atoms with Crippen molar-refractivity contribution in [2.45, 2.75) is 44.8 Å². The van der Waals surface area contributed by atoms with Gasteiger partial charge in [-0.15, -0.1) is 0 Å². The van der Waals surface area contributed by atoms with Crippen LogP contribution in [0.5, 0.6) is 0 Å². The number of carbonyl (C=O) groups is 3. The molecule has 0 spiro atoms. The summed E-state index contributed by atoms with van der Waals surface area (Å²) in [4.78, 5) is 41.5. The number of benzene rings is 5. The molecule has 10 heteroatoms. The Labute approximate surface area is 326 Å². The van der Waals surface area contributed by atoms with Crippen LogP contribution in [0.4, 0.5) is 10.6 Å². The zero-order valence-electron chi connectivity index (χ0n) is 31.9. The van der Waals surface area contributed by atoms with Crippen molar-refractivity contribution in [1.29, 1.82) is 5.26 Å². The van der Waals surface area contributed by atoms with Gasteiger partial charge in [0.25, 0.3) is 0 Å². The van der Waals surface area contributed by atoms with E-state index >= 15 is 0 Å². The molecule has 1 aliphatic rings. The van der Waals surface area contributed by atoms with E-state index in [-0.39, 0.29) is 12.5 Å². The fraction of sp³-hybridized carbons (Fsp3) is 0.239. The fourth-order valence-corrected chi connectivity index (χ4v) is 7.57. The Kier molecular flexibility index (Phi) is 10.4. The van der Waals surface area contributed by atoms with Crippen molar-refractivity contribution in [2.24, 2.45) is 5.92 Å². The first-order chi connectivity index (χ1) is 27.0. The van der Waals surface area contributed by atoms with Gasteiger partial charge in [-0.05, 0) is 86.2 Å².